The minimum atomic E-state index is -0.596. The number of aromatic amines is 1. The first-order valence-electron chi connectivity index (χ1n) is 8.75. The summed E-state index contributed by atoms with van der Waals surface area (Å²) in [6, 6.07) is 17.3. The molecule has 0 bridgehead atoms. The summed E-state index contributed by atoms with van der Waals surface area (Å²) in [5, 5.41) is 0. The first-order chi connectivity index (χ1) is 13.6. The lowest BCUT2D eigenvalue weighted by molar-refractivity contribution is 0.0516. The summed E-state index contributed by atoms with van der Waals surface area (Å²) < 4.78 is 5.10. The quantitative estimate of drug-likeness (QED) is 0.366. The maximum Gasteiger partial charge on any atom is 0.355 e. The van der Waals surface area contributed by atoms with E-state index in [4.69, 9.17) is 4.74 Å². The highest BCUT2D eigenvalue weighted by atomic mass is 32.2. The summed E-state index contributed by atoms with van der Waals surface area (Å²) >= 11 is 1.23. The lowest BCUT2D eigenvalue weighted by Crippen LogP contribution is -2.10. The summed E-state index contributed by atoms with van der Waals surface area (Å²) in [4.78, 5) is 42.1. The van der Waals surface area contributed by atoms with Gasteiger partial charge >= 0.3 is 5.97 Å². The van der Waals surface area contributed by atoms with Gasteiger partial charge in [0.1, 0.15) is 5.69 Å². The van der Waals surface area contributed by atoms with Crippen molar-refractivity contribution >= 4 is 29.3 Å². The van der Waals surface area contributed by atoms with E-state index < -0.39 is 5.97 Å². The number of nitrogens with one attached hydrogen (secondary N) is 1. The van der Waals surface area contributed by atoms with Crippen LogP contribution in [0.3, 0.4) is 0 Å². The van der Waals surface area contributed by atoms with Gasteiger partial charge in [-0.25, -0.2) is 4.79 Å². The van der Waals surface area contributed by atoms with Crippen LogP contribution in [0.25, 0.3) is 0 Å². The number of carbonyl (C=O) groups is 3. The molecule has 1 N–H and O–H groups in total. The van der Waals surface area contributed by atoms with Crippen molar-refractivity contribution < 1.29 is 19.1 Å². The van der Waals surface area contributed by atoms with E-state index in [-0.39, 0.29) is 35.1 Å². The molecule has 3 aromatic rings. The molecule has 0 saturated heterocycles. The molecule has 0 spiro atoms. The number of H-pyrrole nitrogens is 1. The third-order valence-electron chi connectivity index (χ3n) is 4.16. The lowest BCUT2D eigenvalue weighted by atomic mass is 9.99. The van der Waals surface area contributed by atoms with E-state index in [1.54, 1.807) is 67.8 Å². The summed E-state index contributed by atoms with van der Waals surface area (Å²) in [6.45, 7) is 1.89. The van der Waals surface area contributed by atoms with Gasteiger partial charge in [-0.2, -0.15) is 0 Å². The third kappa shape index (κ3) is 3.77. The molecular weight excluding hydrogens is 374 g/mol. The fraction of sp³-hybridized carbons (Fsp3) is 0.136. The summed E-state index contributed by atoms with van der Waals surface area (Å²) in [5.41, 5.74) is 1.26. The number of benzene rings is 2. The minimum absolute atomic E-state index is 0.0902. The standard InChI is InChI=1S/C22H19NO4S/c1-3-27-22(26)18-21(28-2)16(19(24)14-10-6-4-7-11-14)17(23-18)20(25)15-12-8-5-9-13-15/h4-13,23H,3H2,1-2H3. The van der Waals surface area contributed by atoms with Gasteiger partial charge in [-0.1, -0.05) is 60.7 Å². The average molecular weight is 393 g/mol. The number of hydrogen-bond donors (Lipinski definition) is 1. The number of thioether (sulfide) groups is 1. The molecule has 0 saturated carbocycles. The molecular formula is C22H19NO4S. The topological polar surface area (TPSA) is 76.2 Å². The highest BCUT2D eigenvalue weighted by Crippen LogP contribution is 2.32. The van der Waals surface area contributed by atoms with Crippen LogP contribution in [0.15, 0.2) is 65.6 Å². The molecule has 0 amide bonds. The summed E-state index contributed by atoms with van der Waals surface area (Å²) in [6.07, 6.45) is 1.75. The number of rotatable bonds is 7. The van der Waals surface area contributed by atoms with Crippen LogP contribution < -0.4 is 0 Å². The van der Waals surface area contributed by atoms with Gasteiger partial charge in [0.05, 0.1) is 22.8 Å². The Balaban J connectivity index is 2.21. The van der Waals surface area contributed by atoms with Crippen molar-refractivity contribution in [1.29, 1.82) is 0 Å². The van der Waals surface area contributed by atoms with Crippen molar-refractivity contribution in [1.82, 2.24) is 4.98 Å². The molecule has 0 atom stereocenters. The second-order valence-electron chi connectivity index (χ2n) is 5.89. The van der Waals surface area contributed by atoms with Crippen LogP contribution in [0.5, 0.6) is 0 Å². The van der Waals surface area contributed by atoms with Gasteiger partial charge in [-0.15, -0.1) is 11.8 Å². The fourth-order valence-corrected chi connectivity index (χ4v) is 3.63. The SMILES string of the molecule is CCOC(=O)c1[nH]c(C(=O)c2ccccc2)c(C(=O)c2ccccc2)c1SC. The maximum atomic E-state index is 13.2. The number of ether oxygens (including phenoxy) is 1. The van der Waals surface area contributed by atoms with Gasteiger partial charge in [0.2, 0.25) is 5.78 Å². The highest BCUT2D eigenvalue weighted by molar-refractivity contribution is 7.98. The number of ketones is 2. The fourth-order valence-electron chi connectivity index (χ4n) is 2.89. The van der Waals surface area contributed by atoms with E-state index in [1.807, 2.05) is 6.07 Å². The second-order valence-corrected chi connectivity index (χ2v) is 6.71. The molecule has 0 aliphatic carbocycles. The van der Waals surface area contributed by atoms with Gasteiger partial charge in [-0.05, 0) is 13.2 Å². The molecule has 1 heterocycles. The zero-order valence-electron chi connectivity index (χ0n) is 15.5. The lowest BCUT2D eigenvalue weighted by Gasteiger charge is -2.06. The Labute approximate surface area is 167 Å². The molecule has 0 fully saturated rings. The van der Waals surface area contributed by atoms with Gasteiger partial charge in [-0.3, -0.25) is 9.59 Å². The molecule has 28 heavy (non-hydrogen) atoms. The molecule has 0 unspecified atom stereocenters. The van der Waals surface area contributed by atoms with Crippen LogP contribution in [0.1, 0.15) is 49.4 Å². The van der Waals surface area contributed by atoms with Crippen molar-refractivity contribution in [3.8, 4) is 0 Å². The zero-order chi connectivity index (χ0) is 20.1. The van der Waals surface area contributed by atoms with Crippen LogP contribution in [0, 0.1) is 0 Å². The molecule has 0 aliphatic heterocycles. The van der Waals surface area contributed by atoms with E-state index in [9.17, 15) is 14.4 Å². The number of esters is 1. The predicted molar refractivity (Wildman–Crippen MR) is 108 cm³/mol. The van der Waals surface area contributed by atoms with E-state index in [1.165, 1.54) is 11.8 Å². The largest absolute Gasteiger partial charge is 0.461 e. The molecule has 6 heteroatoms. The number of aromatic nitrogens is 1. The van der Waals surface area contributed by atoms with E-state index >= 15 is 0 Å². The monoisotopic (exact) mass is 393 g/mol. The van der Waals surface area contributed by atoms with Crippen molar-refractivity contribution in [2.24, 2.45) is 0 Å². The van der Waals surface area contributed by atoms with Crippen molar-refractivity contribution in [3.05, 3.63) is 88.7 Å². The Morgan fingerprint density at radius 3 is 1.89 bits per heavy atom. The first-order valence-corrected chi connectivity index (χ1v) is 9.97. The number of hydrogen-bond acceptors (Lipinski definition) is 5. The Hall–Kier alpha value is -3.12. The van der Waals surface area contributed by atoms with E-state index in [0.29, 0.717) is 16.0 Å². The zero-order valence-corrected chi connectivity index (χ0v) is 16.3. The van der Waals surface area contributed by atoms with Crippen molar-refractivity contribution in [2.45, 2.75) is 11.8 Å². The Bertz CT molecular complexity index is 1010. The highest BCUT2D eigenvalue weighted by Gasteiger charge is 2.30. The van der Waals surface area contributed by atoms with Crippen molar-refractivity contribution in [2.75, 3.05) is 12.9 Å². The Morgan fingerprint density at radius 1 is 0.857 bits per heavy atom. The molecule has 3 rings (SSSR count). The van der Waals surface area contributed by atoms with E-state index in [0.717, 1.165) is 0 Å². The molecule has 2 aromatic carbocycles. The van der Waals surface area contributed by atoms with Crippen molar-refractivity contribution in [3.63, 3.8) is 0 Å². The van der Waals surface area contributed by atoms with Crippen LogP contribution in [0.2, 0.25) is 0 Å². The normalized spacial score (nSPS) is 10.5. The third-order valence-corrected chi connectivity index (χ3v) is 4.98. The van der Waals surface area contributed by atoms with Gasteiger partial charge < -0.3 is 9.72 Å². The van der Waals surface area contributed by atoms with Crippen LogP contribution in [-0.2, 0) is 4.74 Å². The van der Waals surface area contributed by atoms with Crippen LogP contribution in [0.4, 0.5) is 0 Å². The van der Waals surface area contributed by atoms with Gasteiger partial charge in [0.25, 0.3) is 0 Å². The molecule has 5 nitrogen and oxygen atoms in total. The average Bonchev–Trinajstić information content (AvgIpc) is 3.13. The van der Waals surface area contributed by atoms with Gasteiger partial charge in [0, 0.05) is 11.1 Å². The Morgan fingerprint density at radius 2 is 1.39 bits per heavy atom. The Kier molecular flexibility index (Phi) is 6.11. The first kappa shape index (κ1) is 19.6. The maximum absolute atomic E-state index is 13.2. The van der Waals surface area contributed by atoms with Crippen LogP contribution in [-0.4, -0.2) is 35.4 Å². The van der Waals surface area contributed by atoms with E-state index in [2.05, 4.69) is 4.98 Å². The molecule has 0 radical (unpaired) electrons. The molecule has 1 aromatic heterocycles. The summed E-state index contributed by atoms with van der Waals surface area (Å²) in [7, 11) is 0. The predicted octanol–water partition coefficient (Wildman–Crippen LogP) is 4.38. The smallest absolute Gasteiger partial charge is 0.355 e. The summed E-state index contributed by atoms with van der Waals surface area (Å²) in [5.74, 6) is -1.28. The molecule has 142 valence electrons. The minimum Gasteiger partial charge on any atom is -0.461 e. The number of carbonyl (C=O) groups excluding carboxylic acids is 3. The van der Waals surface area contributed by atoms with Crippen LogP contribution >= 0.6 is 11.8 Å². The molecule has 0 aliphatic rings. The second kappa shape index (κ2) is 8.71. The van der Waals surface area contributed by atoms with Gasteiger partial charge in [0.15, 0.2) is 5.78 Å².